The summed E-state index contributed by atoms with van der Waals surface area (Å²) in [4.78, 5) is 0. The average molecular weight is 291 g/mol. The summed E-state index contributed by atoms with van der Waals surface area (Å²) in [5.74, 6) is -0.0402. The number of hydrogen-bond acceptors (Lipinski definition) is 3. The Morgan fingerprint density at radius 3 is 2.86 bits per heavy atom. The van der Waals surface area contributed by atoms with Crippen LogP contribution in [-0.2, 0) is 13.5 Å². The van der Waals surface area contributed by atoms with Gasteiger partial charge in [0.05, 0.1) is 13.3 Å². The van der Waals surface area contributed by atoms with Gasteiger partial charge in [0.25, 0.3) is 0 Å². The summed E-state index contributed by atoms with van der Waals surface area (Å²) < 4.78 is 20.4. The van der Waals surface area contributed by atoms with Crippen LogP contribution in [0.5, 0.6) is 5.75 Å². The number of ether oxygens (including phenoxy) is 1. The molecule has 1 heterocycles. The summed E-state index contributed by atoms with van der Waals surface area (Å²) >= 11 is 0. The van der Waals surface area contributed by atoms with Crippen molar-refractivity contribution in [2.75, 3.05) is 13.7 Å². The topological polar surface area (TPSA) is 39.1 Å². The Bertz CT molecular complexity index is 583. The van der Waals surface area contributed by atoms with Crippen LogP contribution in [0.15, 0.2) is 30.6 Å². The molecule has 0 bridgehead atoms. The highest BCUT2D eigenvalue weighted by Crippen LogP contribution is 2.21. The van der Waals surface area contributed by atoms with Gasteiger partial charge in [-0.3, -0.25) is 4.68 Å². The first-order chi connectivity index (χ1) is 10.1. The Balaban J connectivity index is 1.79. The molecule has 2 rings (SSSR count). The molecule has 0 fully saturated rings. The standard InChI is InChI=1S/C16H22FN3O/c1-12(14-6-7-16(21-3)15(17)9-14)18-8-4-5-13-10-19-20(2)11-13/h6-7,9-12,18H,4-5,8H2,1-3H3/t12-/m0/s1. The van der Waals surface area contributed by atoms with Gasteiger partial charge >= 0.3 is 0 Å². The third-order valence-electron chi connectivity index (χ3n) is 3.53. The largest absolute Gasteiger partial charge is 0.494 e. The summed E-state index contributed by atoms with van der Waals surface area (Å²) in [5.41, 5.74) is 2.16. The Kier molecular flexibility index (Phi) is 5.33. The first-order valence-corrected chi connectivity index (χ1v) is 7.14. The number of aromatic nitrogens is 2. The van der Waals surface area contributed by atoms with E-state index in [1.54, 1.807) is 6.07 Å². The van der Waals surface area contributed by atoms with Crippen molar-refractivity contribution in [2.45, 2.75) is 25.8 Å². The van der Waals surface area contributed by atoms with Crippen molar-refractivity contribution >= 4 is 0 Å². The fourth-order valence-corrected chi connectivity index (χ4v) is 2.28. The first-order valence-electron chi connectivity index (χ1n) is 7.14. The Morgan fingerprint density at radius 1 is 1.43 bits per heavy atom. The van der Waals surface area contributed by atoms with Crippen molar-refractivity contribution < 1.29 is 9.13 Å². The van der Waals surface area contributed by atoms with Crippen molar-refractivity contribution in [3.8, 4) is 5.75 Å². The van der Waals surface area contributed by atoms with Crippen LogP contribution in [0, 0.1) is 5.82 Å². The van der Waals surface area contributed by atoms with Crippen molar-refractivity contribution in [1.29, 1.82) is 0 Å². The molecule has 1 N–H and O–H groups in total. The lowest BCUT2D eigenvalue weighted by Crippen LogP contribution is -2.20. The van der Waals surface area contributed by atoms with Crippen molar-refractivity contribution in [3.05, 3.63) is 47.5 Å². The van der Waals surface area contributed by atoms with Crippen LogP contribution < -0.4 is 10.1 Å². The number of hydrogen-bond donors (Lipinski definition) is 1. The lowest BCUT2D eigenvalue weighted by Gasteiger charge is -2.15. The zero-order chi connectivity index (χ0) is 15.2. The maximum absolute atomic E-state index is 13.7. The molecule has 0 unspecified atom stereocenters. The van der Waals surface area contributed by atoms with Gasteiger partial charge in [-0.1, -0.05) is 6.07 Å². The molecule has 0 amide bonds. The zero-order valence-electron chi connectivity index (χ0n) is 12.8. The highest BCUT2D eigenvalue weighted by atomic mass is 19.1. The molecule has 0 aliphatic rings. The number of nitrogens with zero attached hydrogens (tertiary/aromatic N) is 2. The molecular formula is C16H22FN3O. The van der Waals surface area contributed by atoms with Crippen molar-refractivity contribution in [3.63, 3.8) is 0 Å². The minimum absolute atomic E-state index is 0.110. The second kappa shape index (κ2) is 7.22. The maximum Gasteiger partial charge on any atom is 0.165 e. The van der Waals surface area contributed by atoms with E-state index < -0.39 is 0 Å². The van der Waals surface area contributed by atoms with Crippen LogP contribution in [0.2, 0.25) is 0 Å². The lowest BCUT2D eigenvalue weighted by atomic mass is 10.1. The van der Waals surface area contributed by atoms with Crippen LogP contribution in [0.1, 0.15) is 30.5 Å². The van der Waals surface area contributed by atoms with E-state index >= 15 is 0 Å². The van der Waals surface area contributed by atoms with E-state index in [0.717, 1.165) is 24.9 Å². The van der Waals surface area contributed by atoms with Gasteiger partial charge in [0.2, 0.25) is 0 Å². The summed E-state index contributed by atoms with van der Waals surface area (Å²) in [6.45, 7) is 2.91. The number of benzene rings is 1. The highest BCUT2D eigenvalue weighted by molar-refractivity contribution is 5.30. The Hall–Kier alpha value is -1.88. The molecule has 4 nitrogen and oxygen atoms in total. The maximum atomic E-state index is 13.7. The van der Waals surface area contributed by atoms with E-state index in [9.17, 15) is 4.39 Å². The molecule has 0 radical (unpaired) electrons. The van der Waals surface area contributed by atoms with Gasteiger partial charge in [0, 0.05) is 19.3 Å². The van der Waals surface area contributed by atoms with Gasteiger partial charge < -0.3 is 10.1 Å². The third-order valence-corrected chi connectivity index (χ3v) is 3.53. The summed E-state index contributed by atoms with van der Waals surface area (Å²) in [7, 11) is 3.39. The number of nitrogens with one attached hydrogen (secondary N) is 1. The normalized spacial score (nSPS) is 12.4. The van der Waals surface area contributed by atoms with Gasteiger partial charge in [-0.25, -0.2) is 4.39 Å². The second-order valence-corrected chi connectivity index (χ2v) is 5.20. The molecule has 0 saturated heterocycles. The molecule has 0 aliphatic carbocycles. The molecule has 2 aromatic rings. The number of aryl methyl sites for hydroxylation is 2. The fourth-order valence-electron chi connectivity index (χ4n) is 2.28. The molecule has 0 aliphatic heterocycles. The van der Waals surface area contributed by atoms with E-state index in [1.807, 2.05) is 37.1 Å². The average Bonchev–Trinajstić information content (AvgIpc) is 2.89. The molecule has 1 aromatic heterocycles. The number of rotatable bonds is 7. The molecule has 0 spiro atoms. The molecular weight excluding hydrogens is 269 g/mol. The monoisotopic (exact) mass is 291 g/mol. The van der Waals surface area contributed by atoms with Crippen molar-refractivity contribution in [1.82, 2.24) is 15.1 Å². The summed E-state index contributed by atoms with van der Waals surface area (Å²) in [6, 6.07) is 5.19. The molecule has 1 atom stereocenters. The SMILES string of the molecule is COc1ccc([C@H](C)NCCCc2cnn(C)c2)cc1F. The quantitative estimate of drug-likeness (QED) is 0.797. The van der Waals surface area contributed by atoms with Gasteiger partial charge in [-0.15, -0.1) is 0 Å². The van der Waals surface area contributed by atoms with E-state index in [0.29, 0.717) is 0 Å². The van der Waals surface area contributed by atoms with E-state index in [2.05, 4.69) is 10.4 Å². The van der Waals surface area contributed by atoms with E-state index in [4.69, 9.17) is 4.74 Å². The van der Waals surface area contributed by atoms with Gasteiger partial charge in [0.1, 0.15) is 0 Å². The molecule has 114 valence electrons. The lowest BCUT2D eigenvalue weighted by molar-refractivity contribution is 0.385. The number of halogens is 1. The van der Waals surface area contributed by atoms with E-state index in [-0.39, 0.29) is 17.6 Å². The summed E-state index contributed by atoms with van der Waals surface area (Å²) in [6.07, 6.45) is 5.93. The predicted molar refractivity (Wildman–Crippen MR) is 80.9 cm³/mol. The first kappa shape index (κ1) is 15.5. The fraction of sp³-hybridized carbons (Fsp3) is 0.438. The highest BCUT2D eigenvalue weighted by Gasteiger charge is 2.09. The third kappa shape index (κ3) is 4.29. The zero-order valence-corrected chi connectivity index (χ0v) is 12.8. The minimum Gasteiger partial charge on any atom is -0.494 e. The molecule has 1 aromatic carbocycles. The Morgan fingerprint density at radius 2 is 2.24 bits per heavy atom. The molecule has 21 heavy (non-hydrogen) atoms. The van der Waals surface area contributed by atoms with Crippen molar-refractivity contribution in [2.24, 2.45) is 7.05 Å². The minimum atomic E-state index is -0.320. The smallest absolute Gasteiger partial charge is 0.165 e. The van der Waals surface area contributed by atoms with Crippen LogP contribution in [0.4, 0.5) is 4.39 Å². The van der Waals surface area contributed by atoms with Crippen LogP contribution >= 0.6 is 0 Å². The van der Waals surface area contributed by atoms with Gasteiger partial charge in [-0.2, -0.15) is 5.10 Å². The van der Waals surface area contributed by atoms with Crippen LogP contribution in [-0.4, -0.2) is 23.4 Å². The van der Waals surface area contributed by atoms with E-state index in [1.165, 1.54) is 18.7 Å². The second-order valence-electron chi connectivity index (χ2n) is 5.20. The summed E-state index contributed by atoms with van der Waals surface area (Å²) in [5, 5.41) is 7.55. The predicted octanol–water partition coefficient (Wildman–Crippen LogP) is 2.85. The molecule has 0 saturated carbocycles. The van der Waals surface area contributed by atoms with Crippen LogP contribution in [0.3, 0.4) is 0 Å². The molecule has 5 heteroatoms. The van der Waals surface area contributed by atoms with Crippen LogP contribution in [0.25, 0.3) is 0 Å². The van der Waals surface area contributed by atoms with Gasteiger partial charge in [-0.05, 0) is 49.6 Å². The number of methoxy groups -OCH3 is 1. The van der Waals surface area contributed by atoms with Gasteiger partial charge in [0.15, 0.2) is 11.6 Å². The Labute approximate surface area is 124 Å².